The molecule has 2 unspecified atom stereocenters. The molecule has 3 aliphatic heterocycles. The molecular formula is C30H35NO4. The molecule has 3 heterocycles. The third-order valence-electron chi connectivity index (χ3n) is 9.93. The van der Waals surface area contributed by atoms with E-state index in [2.05, 4.69) is 30.5 Å². The van der Waals surface area contributed by atoms with Gasteiger partial charge in [-0.1, -0.05) is 49.8 Å². The lowest BCUT2D eigenvalue weighted by Crippen LogP contribution is -2.51. The van der Waals surface area contributed by atoms with Crippen molar-refractivity contribution in [1.82, 2.24) is 5.32 Å². The number of imide groups is 1. The normalized spacial score (nSPS) is 44.2. The number of Topliss-reactive ketones (excluding diaryl/α,β-unsaturated/α-hetero) is 1. The number of hydrogen-bond acceptors (Lipinski definition) is 4. The van der Waals surface area contributed by atoms with Gasteiger partial charge in [-0.15, -0.1) is 0 Å². The van der Waals surface area contributed by atoms with E-state index in [9.17, 15) is 14.4 Å². The SMILES string of the molecule is C/C=C\[C@H]1C=C[C@H]2C3C[C@H](C)CC[C@H]3[C@@H]3Oc4ccc(cc4)C[C@@H]4C(=O)NC(=O)[C@@]4(C)C(=O)[C@@H]1C23. The molecule has 2 amide bonds. The molecule has 2 saturated carbocycles. The Morgan fingerprint density at radius 2 is 1.83 bits per heavy atom. The fourth-order valence-corrected chi connectivity index (χ4v) is 8.13. The smallest absolute Gasteiger partial charge is 0.240 e. The highest BCUT2D eigenvalue weighted by atomic mass is 16.5. The van der Waals surface area contributed by atoms with Crippen LogP contribution in [0.25, 0.3) is 0 Å². The molecule has 3 aliphatic carbocycles. The van der Waals surface area contributed by atoms with Crippen molar-refractivity contribution in [2.75, 3.05) is 0 Å². The Balaban J connectivity index is 1.55. The molecule has 0 aromatic heterocycles. The molecule has 35 heavy (non-hydrogen) atoms. The highest BCUT2D eigenvalue weighted by Gasteiger charge is 2.64. The number of benzene rings is 1. The minimum atomic E-state index is -1.39. The first-order valence-corrected chi connectivity index (χ1v) is 13.3. The van der Waals surface area contributed by atoms with Crippen molar-refractivity contribution >= 4 is 17.6 Å². The molecule has 1 N–H and O–H groups in total. The van der Waals surface area contributed by atoms with Crippen molar-refractivity contribution in [3.63, 3.8) is 0 Å². The van der Waals surface area contributed by atoms with E-state index in [1.54, 1.807) is 6.92 Å². The maximum Gasteiger partial charge on any atom is 0.240 e. The number of allylic oxidation sites excluding steroid dienone is 4. The van der Waals surface area contributed by atoms with Crippen LogP contribution >= 0.6 is 0 Å². The van der Waals surface area contributed by atoms with Crippen LogP contribution in [0.3, 0.4) is 0 Å². The number of fused-ring (bicyclic) bond motifs is 4. The molecule has 1 aromatic rings. The number of amides is 2. The highest BCUT2D eigenvalue weighted by Crippen LogP contribution is 2.59. The summed E-state index contributed by atoms with van der Waals surface area (Å²) in [4.78, 5) is 41.0. The standard InChI is InChI=1S/C30H35NO4/c1-4-5-18-9-13-20-22-14-16(2)6-12-21(22)26-25(20)24(18)27(32)30(3)23(28(33)31-29(30)34)15-17-7-10-19(35-26)11-8-17/h4-5,7-11,13,16,18,20-26H,6,12,14-15H2,1-3H3,(H,31,33,34)/b5-4-/t16-,18+,20+,21-,22?,23-,24+,25?,26+,30-/m1/s1. The van der Waals surface area contributed by atoms with Gasteiger partial charge in [-0.05, 0) is 74.5 Å². The van der Waals surface area contributed by atoms with Gasteiger partial charge in [0.15, 0.2) is 5.78 Å². The summed E-state index contributed by atoms with van der Waals surface area (Å²) in [5, 5.41) is 2.52. The molecule has 0 radical (unpaired) electrons. The molecule has 3 fully saturated rings. The second-order valence-electron chi connectivity index (χ2n) is 11.8. The van der Waals surface area contributed by atoms with Crippen molar-refractivity contribution in [2.45, 2.75) is 52.6 Å². The number of nitrogens with one attached hydrogen (secondary N) is 1. The summed E-state index contributed by atoms with van der Waals surface area (Å²) in [7, 11) is 0. The topological polar surface area (TPSA) is 72.5 Å². The molecule has 0 spiro atoms. The third kappa shape index (κ3) is 3.30. The molecule has 184 valence electrons. The van der Waals surface area contributed by atoms with Crippen LogP contribution in [0.4, 0.5) is 0 Å². The van der Waals surface area contributed by atoms with Crippen LogP contribution in [0.2, 0.25) is 0 Å². The first-order chi connectivity index (χ1) is 16.8. The molecule has 5 nitrogen and oxygen atoms in total. The van der Waals surface area contributed by atoms with Crippen LogP contribution in [0.15, 0.2) is 48.6 Å². The molecule has 1 saturated heterocycles. The van der Waals surface area contributed by atoms with E-state index in [-0.39, 0.29) is 35.5 Å². The summed E-state index contributed by atoms with van der Waals surface area (Å²) in [5.41, 5.74) is -0.452. The Labute approximate surface area is 207 Å². The molecule has 6 aliphatic rings. The zero-order chi connectivity index (χ0) is 24.5. The van der Waals surface area contributed by atoms with E-state index < -0.39 is 23.2 Å². The Morgan fingerprint density at radius 1 is 1.06 bits per heavy atom. The predicted molar refractivity (Wildman–Crippen MR) is 132 cm³/mol. The van der Waals surface area contributed by atoms with Crippen LogP contribution in [0.5, 0.6) is 5.75 Å². The van der Waals surface area contributed by atoms with Gasteiger partial charge in [0.05, 0.1) is 5.92 Å². The summed E-state index contributed by atoms with van der Waals surface area (Å²) < 4.78 is 6.79. The second-order valence-corrected chi connectivity index (χ2v) is 11.8. The van der Waals surface area contributed by atoms with Crippen molar-refractivity contribution < 1.29 is 19.1 Å². The van der Waals surface area contributed by atoms with Crippen LogP contribution < -0.4 is 10.1 Å². The largest absolute Gasteiger partial charge is 0.490 e. The maximum absolute atomic E-state index is 14.6. The lowest BCUT2D eigenvalue weighted by molar-refractivity contribution is -0.147. The van der Waals surface area contributed by atoms with Crippen LogP contribution in [-0.2, 0) is 20.8 Å². The van der Waals surface area contributed by atoms with Crippen LogP contribution in [-0.4, -0.2) is 23.7 Å². The van der Waals surface area contributed by atoms with Gasteiger partial charge in [0, 0.05) is 17.8 Å². The summed E-state index contributed by atoms with van der Waals surface area (Å²) >= 11 is 0. The Morgan fingerprint density at radius 3 is 2.57 bits per heavy atom. The lowest BCUT2D eigenvalue weighted by atomic mass is 9.60. The van der Waals surface area contributed by atoms with E-state index in [1.165, 1.54) is 6.42 Å². The maximum atomic E-state index is 14.6. The Kier molecular flexibility index (Phi) is 5.32. The number of hydrogen-bond donors (Lipinski definition) is 1. The summed E-state index contributed by atoms with van der Waals surface area (Å²) in [6.45, 7) is 6.01. The van der Waals surface area contributed by atoms with Gasteiger partial charge in [-0.3, -0.25) is 19.7 Å². The predicted octanol–water partition coefficient (Wildman–Crippen LogP) is 4.51. The van der Waals surface area contributed by atoms with Crippen molar-refractivity contribution in [3.05, 3.63) is 54.1 Å². The highest BCUT2D eigenvalue weighted by molar-refractivity contribution is 6.19. The number of rotatable bonds is 1. The van der Waals surface area contributed by atoms with Crippen molar-refractivity contribution in [1.29, 1.82) is 0 Å². The van der Waals surface area contributed by atoms with E-state index in [0.717, 1.165) is 24.2 Å². The van der Waals surface area contributed by atoms with Gasteiger partial charge < -0.3 is 4.74 Å². The van der Waals surface area contributed by atoms with Gasteiger partial charge in [0.1, 0.15) is 17.3 Å². The van der Waals surface area contributed by atoms with E-state index in [4.69, 9.17) is 4.74 Å². The fraction of sp³-hybridized carbons (Fsp3) is 0.567. The zero-order valence-electron chi connectivity index (χ0n) is 20.8. The summed E-state index contributed by atoms with van der Waals surface area (Å²) in [5.74, 6) is 0.488. The van der Waals surface area contributed by atoms with Gasteiger partial charge in [-0.25, -0.2) is 0 Å². The van der Waals surface area contributed by atoms with Gasteiger partial charge in [0.25, 0.3) is 0 Å². The number of carbonyl (C=O) groups excluding carboxylic acids is 3. The minimum absolute atomic E-state index is 0.0194. The summed E-state index contributed by atoms with van der Waals surface area (Å²) in [6.07, 6.45) is 12.3. The van der Waals surface area contributed by atoms with Crippen LogP contribution in [0, 0.1) is 52.8 Å². The molecule has 2 bridgehead atoms. The minimum Gasteiger partial charge on any atom is -0.490 e. The van der Waals surface area contributed by atoms with E-state index in [0.29, 0.717) is 24.2 Å². The van der Waals surface area contributed by atoms with E-state index >= 15 is 0 Å². The first-order valence-electron chi connectivity index (χ1n) is 13.3. The molecule has 1 aromatic carbocycles. The quantitative estimate of drug-likeness (QED) is 0.370. The van der Waals surface area contributed by atoms with E-state index in [1.807, 2.05) is 37.3 Å². The Bertz CT molecular complexity index is 1120. The molecular weight excluding hydrogens is 438 g/mol. The van der Waals surface area contributed by atoms with Gasteiger partial charge >= 0.3 is 0 Å². The lowest BCUT2D eigenvalue weighted by Gasteiger charge is -2.42. The zero-order valence-corrected chi connectivity index (χ0v) is 20.8. The van der Waals surface area contributed by atoms with Crippen LogP contribution in [0.1, 0.15) is 45.6 Å². The van der Waals surface area contributed by atoms with Gasteiger partial charge in [0.2, 0.25) is 11.8 Å². The fourth-order valence-electron chi connectivity index (χ4n) is 8.13. The first kappa shape index (κ1) is 22.8. The number of ether oxygens (including phenoxy) is 1. The second kappa shape index (κ2) is 8.18. The Hall–Kier alpha value is -2.69. The third-order valence-corrected chi connectivity index (χ3v) is 9.93. The molecule has 7 rings (SSSR count). The summed E-state index contributed by atoms with van der Waals surface area (Å²) in [6, 6.07) is 7.95. The molecule has 10 atom stereocenters. The van der Waals surface area contributed by atoms with Crippen molar-refractivity contribution in [2.24, 2.45) is 52.8 Å². The average Bonchev–Trinajstić information content (AvgIpc) is 3.25. The monoisotopic (exact) mass is 473 g/mol. The van der Waals surface area contributed by atoms with Gasteiger partial charge in [-0.2, -0.15) is 0 Å². The number of carbonyl (C=O) groups is 3. The molecule has 5 heteroatoms. The number of ketones is 1. The average molecular weight is 474 g/mol. The van der Waals surface area contributed by atoms with Crippen molar-refractivity contribution in [3.8, 4) is 5.75 Å².